The molecule has 1 fully saturated rings. The molecule has 1 aliphatic rings. The summed E-state index contributed by atoms with van der Waals surface area (Å²) in [6.07, 6.45) is 4.70. The third kappa shape index (κ3) is 3.68. The first-order valence-corrected chi connectivity index (χ1v) is 7.23. The summed E-state index contributed by atoms with van der Waals surface area (Å²) in [4.78, 5) is 15.0. The second-order valence-electron chi connectivity index (χ2n) is 5.07. The van der Waals surface area contributed by atoms with E-state index < -0.39 is 0 Å². The Labute approximate surface area is 114 Å². The van der Waals surface area contributed by atoms with Crippen LogP contribution in [0.25, 0.3) is 0 Å². The van der Waals surface area contributed by atoms with Gasteiger partial charge in [-0.3, -0.25) is 0 Å². The SMILES string of the molecule is CCC(CC)CNc1nc(N)nc(N2CCCC2)n1. The quantitative estimate of drug-likeness (QED) is 0.817. The van der Waals surface area contributed by atoms with Crippen molar-refractivity contribution in [2.24, 2.45) is 5.92 Å². The van der Waals surface area contributed by atoms with E-state index in [1.165, 1.54) is 12.8 Å². The molecule has 0 aliphatic carbocycles. The van der Waals surface area contributed by atoms with Crippen molar-refractivity contribution in [1.82, 2.24) is 15.0 Å². The minimum Gasteiger partial charge on any atom is -0.368 e. The fourth-order valence-corrected chi connectivity index (χ4v) is 2.33. The van der Waals surface area contributed by atoms with Crippen LogP contribution in [0.5, 0.6) is 0 Å². The van der Waals surface area contributed by atoms with Gasteiger partial charge in [0.25, 0.3) is 0 Å². The number of aromatic nitrogens is 3. The summed E-state index contributed by atoms with van der Waals surface area (Å²) in [5.74, 6) is 2.25. The number of nitrogens with two attached hydrogens (primary N) is 1. The Morgan fingerprint density at radius 1 is 1.16 bits per heavy atom. The first kappa shape index (κ1) is 13.8. The molecule has 1 aliphatic heterocycles. The van der Waals surface area contributed by atoms with E-state index >= 15 is 0 Å². The number of anilines is 3. The van der Waals surface area contributed by atoms with Crippen molar-refractivity contribution in [1.29, 1.82) is 0 Å². The van der Waals surface area contributed by atoms with Gasteiger partial charge in [-0.2, -0.15) is 15.0 Å². The number of hydrogen-bond acceptors (Lipinski definition) is 6. The van der Waals surface area contributed by atoms with Crippen molar-refractivity contribution in [3.63, 3.8) is 0 Å². The number of nitrogens with one attached hydrogen (secondary N) is 1. The molecule has 0 amide bonds. The van der Waals surface area contributed by atoms with Crippen LogP contribution in [-0.2, 0) is 0 Å². The van der Waals surface area contributed by atoms with Crippen molar-refractivity contribution >= 4 is 17.8 Å². The van der Waals surface area contributed by atoms with Gasteiger partial charge in [0.1, 0.15) is 0 Å². The average Bonchev–Trinajstić information content (AvgIpc) is 2.93. The maximum atomic E-state index is 5.77. The van der Waals surface area contributed by atoms with Crippen molar-refractivity contribution in [3.05, 3.63) is 0 Å². The van der Waals surface area contributed by atoms with Crippen molar-refractivity contribution in [3.8, 4) is 0 Å². The highest BCUT2D eigenvalue weighted by molar-refractivity contribution is 5.42. The molecular weight excluding hydrogens is 240 g/mol. The molecule has 0 saturated carbocycles. The Morgan fingerprint density at radius 2 is 1.84 bits per heavy atom. The Bertz CT molecular complexity index is 398. The predicted molar refractivity (Wildman–Crippen MR) is 78.2 cm³/mol. The highest BCUT2D eigenvalue weighted by Gasteiger charge is 2.16. The molecule has 1 saturated heterocycles. The average molecular weight is 264 g/mol. The molecule has 0 unspecified atom stereocenters. The number of nitrogen functional groups attached to an aromatic ring is 1. The standard InChI is InChI=1S/C13H24N6/c1-3-10(4-2)9-15-12-16-11(14)17-13(18-12)19-7-5-6-8-19/h10H,3-9H2,1-2H3,(H3,14,15,16,17,18). The fraction of sp³-hybridized carbons (Fsp3) is 0.769. The molecule has 2 rings (SSSR count). The van der Waals surface area contributed by atoms with Crippen LogP contribution in [-0.4, -0.2) is 34.6 Å². The topological polar surface area (TPSA) is 80.0 Å². The zero-order chi connectivity index (χ0) is 13.7. The maximum Gasteiger partial charge on any atom is 0.231 e. The molecule has 0 atom stereocenters. The van der Waals surface area contributed by atoms with Gasteiger partial charge in [0.15, 0.2) is 0 Å². The molecule has 0 spiro atoms. The van der Waals surface area contributed by atoms with Crippen LogP contribution >= 0.6 is 0 Å². The lowest BCUT2D eigenvalue weighted by atomic mass is 10.0. The summed E-state index contributed by atoms with van der Waals surface area (Å²) in [6, 6.07) is 0. The highest BCUT2D eigenvalue weighted by atomic mass is 15.3. The van der Waals surface area contributed by atoms with Gasteiger partial charge in [-0.05, 0) is 18.8 Å². The number of hydrogen-bond donors (Lipinski definition) is 2. The summed E-state index contributed by atoms with van der Waals surface area (Å²) in [7, 11) is 0. The third-order valence-electron chi connectivity index (χ3n) is 3.73. The largest absolute Gasteiger partial charge is 0.368 e. The Balaban J connectivity index is 2.03. The van der Waals surface area contributed by atoms with Gasteiger partial charge in [-0.1, -0.05) is 26.7 Å². The van der Waals surface area contributed by atoms with Gasteiger partial charge in [0.2, 0.25) is 17.8 Å². The molecule has 0 aromatic carbocycles. The second kappa shape index (κ2) is 6.54. The first-order chi connectivity index (χ1) is 9.22. The molecule has 1 aromatic rings. The third-order valence-corrected chi connectivity index (χ3v) is 3.73. The lowest BCUT2D eigenvalue weighted by Gasteiger charge is -2.17. The molecule has 2 heterocycles. The van der Waals surface area contributed by atoms with Gasteiger partial charge >= 0.3 is 0 Å². The van der Waals surface area contributed by atoms with Crippen LogP contribution in [0.3, 0.4) is 0 Å². The highest BCUT2D eigenvalue weighted by Crippen LogP contribution is 2.18. The Kier molecular flexibility index (Phi) is 4.76. The zero-order valence-corrected chi connectivity index (χ0v) is 11.9. The van der Waals surface area contributed by atoms with Crippen molar-refractivity contribution in [2.45, 2.75) is 39.5 Å². The lowest BCUT2D eigenvalue weighted by molar-refractivity contribution is 0.517. The fourth-order valence-electron chi connectivity index (χ4n) is 2.33. The summed E-state index contributed by atoms with van der Waals surface area (Å²) in [6.45, 7) is 7.31. The smallest absolute Gasteiger partial charge is 0.231 e. The molecule has 19 heavy (non-hydrogen) atoms. The van der Waals surface area contributed by atoms with Gasteiger partial charge in [-0.15, -0.1) is 0 Å². The Hall–Kier alpha value is -1.59. The van der Waals surface area contributed by atoms with E-state index in [2.05, 4.69) is 39.0 Å². The summed E-state index contributed by atoms with van der Waals surface area (Å²) in [5.41, 5.74) is 5.77. The van der Waals surface area contributed by atoms with E-state index in [1.807, 2.05) is 0 Å². The van der Waals surface area contributed by atoms with Crippen molar-refractivity contribution < 1.29 is 0 Å². The zero-order valence-electron chi connectivity index (χ0n) is 11.9. The lowest BCUT2D eigenvalue weighted by Crippen LogP contribution is -2.23. The Morgan fingerprint density at radius 3 is 2.47 bits per heavy atom. The minimum atomic E-state index is 0.295. The molecule has 6 heteroatoms. The summed E-state index contributed by atoms with van der Waals surface area (Å²) in [5, 5.41) is 3.28. The maximum absolute atomic E-state index is 5.77. The molecular formula is C13H24N6. The summed E-state index contributed by atoms with van der Waals surface area (Å²) >= 11 is 0. The van der Waals surface area contributed by atoms with E-state index in [1.54, 1.807) is 0 Å². The number of nitrogens with zero attached hydrogens (tertiary/aromatic N) is 4. The van der Waals surface area contributed by atoms with Crippen LogP contribution < -0.4 is 16.0 Å². The minimum absolute atomic E-state index is 0.295. The normalized spacial score (nSPS) is 15.2. The number of rotatable bonds is 6. The molecule has 3 N–H and O–H groups in total. The van der Waals surface area contributed by atoms with E-state index in [0.29, 0.717) is 23.8 Å². The first-order valence-electron chi connectivity index (χ1n) is 7.23. The van der Waals surface area contributed by atoms with E-state index in [4.69, 9.17) is 5.73 Å². The van der Waals surface area contributed by atoms with Crippen LogP contribution in [0.1, 0.15) is 39.5 Å². The van der Waals surface area contributed by atoms with Crippen LogP contribution in [0, 0.1) is 5.92 Å². The van der Waals surface area contributed by atoms with Gasteiger partial charge in [-0.25, -0.2) is 0 Å². The molecule has 106 valence electrons. The van der Waals surface area contributed by atoms with Gasteiger partial charge < -0.3 is 16.0 Å². The predicted octanol–water partition coefficient (Wildman–Crippen LogP) is 1.90. The monoisotopic (exact) mass is 264 g/mol. The molecule has 1 aromatic heterocycles. The van der Waals surface area contributed by atoms with Crippen molar-refractivity contribution in [2.75, 3.05) is 35.6 Å². The molecule has 6 nitrogen and oxygen atoms in total. The van der Waals surface area contributed by atoms with Crippen LogP contribution in [0.4, 0.5) is 17.8 Å². The molecule has 0 radical (unpaired) electrons. The van der Waals surface area contributed by atoms with E-state index in [9.17, 15) is 0 Å². The van der Waals surface area contributed by atoms with Gasteiger partial charge in [0.05, 0.1) is 0 Å². The van der Waals surface area contributed by atoms with E-state index in [-0.39, 0.29) is 0 Å². The van der Waals surface area contributed by atoms with E-state index in [0.717, 1.165) is 32.5 Å². The van der Waals surface area contributed by atoms with Crippen LogP contribution in [0.2, 0.25) is 0 Å². The van der Waals surface area contributed by atoms with Crippen LogP contribution in [0.15, 0.2) is 0 Å². The summed E-state index contributed by atoms with van der Waals surface area (Å²) < 4.78 is 0. The van der Waals surface area contributed by atoms with Gasteiger partial charge in [0, 0.05) is 19.6 Å². The molecule has 0 bridgehead atoms. The second-order valence-corrected chi connectivity index (χ2v) is 5.07.